The van der Waals surface area contributed by atoms with Crippen LogP contribution in [0.2, 0.25) is 0 Å². The molecule has 0 amide bonds. The Labute approximate surface area is 261 Å². The summed E-state index contributed by atoms with van der Waals surface area (Å²) in [7, 11) is -18.0. The van der Waals surface area contributed by atoms with E-state index in [1.165, 1.54) is 10.9 Å². The Balaban J connectivity index is 0. The van der Waals surface area contributed by atoms with Gasteiger partial charge in [-0.2, -0.15) is 12.6 Å². The van der Waals surface area contributed by atoms with Crippen molar-refractivity contribution in [1.82, 2.24) is 44.1 Å². The normalized spacial score (nSPS) is 22.8. The minimum absolute atomic E-state index is 0. The molecule has 0 spiro atoms. The molecule has 1 aliphatic rings. The number of aromatic nitrogens is 4. The summed E-state index contributed by atoms with van der Waals surface area (Å²) in [6, 6.07) is 0. The Hall–Kier alpha value is -0.650. The maximum Gasteiger partial charge on any atom is 0.278 e. The highest BCUT2D eigenvalue weighted by Gasteiger charge is 2.44. The average molecular weight is 768 g/mol. The predicted molar refractivity (Wildman–Crippen MR) is 158 cm³/mol. The van der Waals surface area contributed by atoms with Crippen LogP contribution in [0.15, 0.2) is 6.33 Å². The third kappa shape index (κ3) is 12.9. The quantitative estimate of drug-likeness (QED) is 0.0578. The summed E-state index contributed by atoms with van der Waals surface area (Å²) in [5.41, 5.74) is 6.61. The van der Waals surface area contributed by atoms with Crippen LogP contribution in [0.5, 0.6) is 0 Å². The summed E-state index contributed by atoms with van der Waals surface area (Å²) in [5, 5.41) is 10.5. The van der Waals surface area contributed by atoms with Crippen LogP contribution in [0.4, 0.5) is 5.82 Å². The van der Waals surface area contributed by atoms with Gasteiger partial charge < -0.3 is 68.8 Å². The maximum atomic E-state index is 11.8. The SMILES string of the molecule is Nc1nc(CCCCCCCBr)nc2c1ncn2[C@@H]1O[C@H](COP(=O)([O-])OP(=O)([O-])OP(=O)([O-])[O-])[C@@H](O)[C@H]1S.[NH4+].[NH4+].[NH4+].[NH4+]. The molecule has 21 nitrogen and oxygen atoms in total. The minimum Gasteiger partial charge on any atom is -0.790 e. The van der Waals surface area contributed by atoms with Crippen molar-refractivity contribution < 1.29 is 56.3 Å². The first-order chi connectivity index (χ1) is 18.1. The zero-order valence-electron chi connectivity index (χ0n) is 24.0. The van der Waals surface area contributed by atoms with Crippen LogP contribution in [-0.2, 0) is 38.0 Å². The van der Waals surface area contributed by atoms with Crippen LogP contribution in [0.3, 0.4) is 0 Å². The number of rotatable bonds is 15. The monoisotopic (exact) mass is 767 g/mol. The number of fused-ring (bicyclic) bond motifs is 1. The van der Waals surface area contributed by atoms with Gasteiger partial charge in [0.15, 0.2) is 17.7 Å². The number of nitrogen functional groups attached to an aromatic ring is 1. The highest BCUT2D eigenvalue weighted by molar-refractivity contribution is 9.09. The molecule has 2 aromatic rings. The second-order valence-corrected chi connectivity index (χ2v) is 14.0. The van der Waals surface area contributed by atoms with Gasteiger partial charge in [0.1, 0.15) is 17.4 Å². The van der Waals surface area contributed by atoms with E-state index < -0.39 is 53.8 Å². The Kier molecular flexibility index (Phi) is 19.1. The van der Waals surface area contributed by atoms with Gasteiger partial charge in [0.2, 0.25) is 0 Å². The Bertz CT molecular complexity index is 1290. The third-order valence-electron chi connectivity index (χ3n) is 5.44. The predicted octanol–water partition coefficient (Wildman–Crippen LogP) is 1.17. The van der Waals surface area contributed by atoms with E-state index in [1.807, 2.05) is 0 Å². The molecule has 3 heterocycles. The van der Waals surface area contributed by atoms with E-state index in [1.54, 1.807) is 0 Å². The molecule has 19 N–H and O–H groups in total. The molecule has 26 heteroatoms. The van der Waals surface area contributed by atoms with Crippen molar-refractivity contribution in [3.63, 3.8) is 0 Å². The van der Waals surface area contributed by atoms with Crippen LogP contribution in [0, 0.1) is 0 Å². The first-order valence-corrected chi connectivity index (χ1v) is 17.4. The van der Waals surface area contributed by atoms with Crippen molar-refractivity contribution in [2.24, 2.45) is 0 Å². The first-order valence-electron chi connectivity index (χ1n) is 11.4. The van der Waals surface area contributed by atoms with E-state index in [2.05, 4.69) is 56.7 Å². The van der Waals surface area contributed by atoms with Gasteiger partial charge in [0.05, 0.1) is 32.1 Å². The maximum absolute atomic E-state index is 11.8. The molecule has 254 valence electrons. The molecule has 0 radical (unpaired) electrons. The Morgan fingerprint density at radius 3 is 2.21 bits per heavy atom. The van der Waals surface area contributed by atoms with Gasteiger partial charge >= 0.3 is 0 Å². The van der Waals surface area contributed by atoms with Crippen molar-refractivity contribution in [2.45, 2.75) is 62.2 Å². The molecule has 0 aromatic carbocycles. The number of nitrogens with zero attached hydrogens (tertiary/aromatic N) is 4. The average Bonchev–Trinajstić information content (AvgIpc) is 3.34. The number of phosphoric acid groups is 3. The number of aliphatic hydroxyl groups is 1. The molecular formula is C17H41BrN9O12P3S. The number of imidazole rings is 1. The highest BCUT2D eigenvalue weighted by Crippen LogP contribution is 2.60. The number of aryl methyl sites for hydroxylation is 1. The summed E-state index contributed by atoms with van der Waals surface area (Å²) in [4.78, 5) is 57.0. The van der Waals surface area contributed by atoms with Gasteiger partial charge in [0, 0.05) is 11.8 Å². The number of hydrogen-bond acceptors (Lipinski definition) is 17. The molecule has 3 rings (SSSR count). The lowest BCUT2D eigenvalue weighted by Gasteiger charge is -2.37. The van der Waals surface area contributed by atoms with Gasteiger partial charge in [-0.05, 0) is 12.8 Å². The number of hydrogen-bond donors (Lipinski definition) is 7. The largest absolute Gasteiger partial charge is 0.790 e. The van der Waals surface area contributed by atoms with Crippen LogP contribution in [0.25, 0.3) is 11.2 Å². The molecule has 43 heavy (non-hydrogen) atoms. The molecule has 1 fully saturated rings. The Morgan fingerprint density at radius 2 is 1.60 bits per heavy atom. The van der Waals surface area contributed by atoms with Crippen molar-refractivity contribution in [1.29, 1.82) is 0 Å². The molecule has 1 aliphatic heterocycles. The van der Waals surface area contributed by atoms with Crippen molar-refractivity contribution in [3.05, 3.63) is 12.2 Å². The number of phosphoric ester groups is 1. The van der Waals surface area contributed by atoms with E-state index >= 15 is 0 Å². The van der Waals surface area contributed by atoms with Crippen molar-refractivity contribution in [3.8, 4) is 0 Å². The number of nitrogens with two attached hydrogens (primary N) is 1. The smallest absolute Gasteiger partial charge is 0.278 e. The van der Waals surface area contributed by atoms with Gasteiger partial charge in [-0.15, -0.1) is 0 Å². The number of thiol groups is 1. The van der Waals surface area contributed by atoms with E-state index in [9.17, 15) is 38.4 Å². The summed E-state index contributed by atoms with van der Waals surface area (Å²) in [6.07, 6.45) is 3.14. The number of ether oxygens (including phenoxy) is 1. The number of halogens is 1. The van der Waals surface area contributed by atoms with Crippen LogP contribution < -0.4 is 49.9 Å². The number of unbranched alkanes of at least 4 members (excludes halogenated alkanes) is 4. The fraction of sp³-hybridized carbons (Fsp3) is 0.706. The molecule has 2 aromatic heterocycles. The molecule has 1 saturated heterocycles. The number of quaternary nitrogens is 4. The summed E-state index contributed by atoms with van der Waals surface area (Å²) in [6.45, 7) is -0.966. The zero-order chi connectivity index (χ0) is 29.0. The van der Waals surface area contributed by atoms with Crippen molar-refractivity contribution in [2.75, 3.05) is 17.7 Å². The number of alkyl halides is 1. The Morgan fingerprint density at radius 1 is 1.00 bits per heavy atom. The number of aliphatic hydroxyl groups excluding tert-OH is 1. The first kappa shape index (κ1) is 44.5. The fourth-order valence-corrected chi connectivity index (χ4v) is 7.40. The molecule has 0 saturated carbocycles. The summed E-state index contributed by atoms with van der Waals surface area (Å²) in [5.74, 6) is 0.613. The van der Waals surface area contributed by atoms with Crippen LogP contribution in [-0.4, -0.2) is 54.0 Å². The van der Waals surface area contributed by atoms with Gasteiger partial charge in [-0.3, -0.25) is 18.0 Å². The van der Waals surface area contributed by atoms with Gasteiger partial charge in [0.25, 0.3) is 15.6 Å². The van der Waals surface area contributed by atoms with Crippen LogP contribution >= 0.6 is 52.0 Å². The second kappa shape index (κ2) is 18.5. The lowest BCUT2D eigenvalue weighted by molar-refractivity contribution is -0.339. The van der Waals surface area contributed by atoms with E-state index in [0.29, 0.717) is 12.2 Å². The topological polar surface area (TPSA) is 416 Å². The molecule has 0 bridgehead atoms. The van der Waals surface area contributed by atoms with E-state index in [4.69, 9.17) is 10.5 Å². The van der Waals surface area contributed by atoms with Crippen molar-refractivity contribution >= 4 is 69.0 Å². The molecule has 2 unspecified atom stereocenters. The fourth-order valence-electron chi connectivity index (χ4n) is 3.74. The van der Waals surface area contributed by atoms with Crippen LogP contribution in [0.1, 0.15) is 44.2 Å². The summed E-state index contributed by atoms with van der Waals surface area (Å²) < 4.78 is 51.7. The molecule has 0 aliphatic carbocycles. The van der Waals surface area contributed by atoms with E-state index in [-0.39, 0.29) is 41.6 Å². The van der Waals surface area contributed by atoms with Gasteiger partial charge in [-0.1, -0.05) is 35.2 Å². The summed E-state index contributed by atoms with van der Waals surface area (Å²) >= 11 is 7.73. The highest BCUT2D eigenvalue weighted by atomic mass is 79.9. The molecule has 6 atom stereocenters. The lowest BCUT2D eigenvalue weighted by Crippen LogP contribution is -2.31. The lowest BCUT2D eigenvalue weighted by atomic mass is 10.1. The zero-order valence-corrected chi connectivity index (χ0v) is 29.2. The second-order valence-electron chi connectivity index (χ2n) is 8.40. The minimum atomic E-state index is -6.13. The third-order valence-corrected chi connectivity index (χ3v) is 10.2. The van der Waals surface area contributed by atoms with E-state index in [0.717, 1.165) is 37.4 Å². The molecular weight excluding hydrogens is 727 g/mol. The number of anilines is 1. The standard InChI is InChI=1S/C17H29BrN5O12P3S.4H3N/c18-7-5-3-1-2-4-6-11-21-15(19)12-16(22-11)23(9-20-12)17-14(39)13(24)10(33-17)8-32-37(28,29)35-38(30,31)34-36(25,26)27;;;;/h9-10,13-14,17,24,39H,1-8H2,(H,28,29)(H,30,31)(H2,19,21,22)(H2,25,26,27);4*1H3/t10-,13-,14-,17-;;;;/m1..../s1. The van der Waals surface area contributed by atoms with Gasteiger partial charge in [-0.25, -0.2) is 19.3 Å².